The van der Waals surface area contributed by atoms with Gasteiger partial charge in [-0.25, -0.2) is 9.59 Å². The van der Waals surface area contributed by atoms with Gasteiger partial charge in [-0.3, -0.25) is 13.9 Å². The van der Waals surface area contributed by atoms with E-state index in [0.717, 1.165) is 11.3 Å². The van der Waals surface area contributed by atoms with Crippen molar-refractivity contribution in [3.8, 4) is 0 Å². The molecule has 0 N–H and O–H groups in total. The first kappa shape index (κ1) is 19.4. The third-order valence-electron chi connectivity index (χ3n) is 3.71. The van der Waals surface area contributed by atoms with Crippen LogP contribution in [0.4, 0.5) is 0 Å². The van der Waals surface area contributed by atoms with Crippen molar-refractivity contribution in [2.75, 3.05) is 13.7 Å². The van der Waals surface area contributed by atoms with Crippen molar-refractivity contribution in [2.24, 2.45) is 0 Å². The maximum absolute atomic E-state index is 12.7. The van der Waals surface area contributed by atoms with Crippen LogP contribution in [0.15, 0.2) is 9.59 Å². The highest BCUT2D eigenvalue weighted by molar-refractivity contribution is 7.20. The van der Waals surface area contributed by atoms with Crippen LogP contribution in [0.25, 0.3) is 10.2 Å². The Morgan fingerprint density at radius 2 is 1.84 bits per heavy atom. The highest BCUT2D eigenvalue weighted by atomic mass is 32.1. The molecule has 8 heteroatoms. The van der Waals surface area contributed by atoms with Crippen molar-refractivity contribution in [2.45, 2.75) is 53.3 Å². The second-order valence-electron chi connectivity index (χ2n) is 6.71. The molecular weight excluding hydrogens is 344 g/mol. The highest BCUT2D eigenvalue weighted by Crippen LogP contribution is 2.29. The maximum atomic E-state index is 12.7. The number of carbonyl (C=O) groups excluding carboxylic acids is 1. The predicted octanol–water partition coefficient (Wildman–Crippen LogP) is 2.15. The Kier molecular flexibility index (Phi) is 5.53. The lowest BCUT2D eigenvalue weighted by atomic mass is 10.2. The monoisotopic (exact) mass is 368 g/mol. The van der Waals surface area contributed by atoms with Crippen LogP contribution in [-0.4, -0.2) is 34.4 Å². The molecule has 2 heterocycles. The molecule has 0 saturated carbocycles. The number of hydrogen-bond donors (Lipinski definition) is 0. The average Bonchev–Trinajstić information content (AvgIpc) is 2.84. The lowest BCUT2D eigenvalue weighted by Crippen LogP contribution is -2.39. The smallest absolute Gasteiger partial charge is 0.349 e. The second-order valence-corrected chi connectivity index (χ2v) is 7.71. The molecule has 0 aliphatic heterocycles. The molecule has 0 radical (unpaired) electrons. The fourth-order valence-corrected chi connectivity index (χ4v) is 3.77. The zero-order valence-electron chi connectivity index (χ0n) is 15.5. The average molecular weight is 368 g/mol. The summed E-state index contributed by atoms with van der Waals surface area (Å²) in [6.07, 6.45) is 0. The molecule has 0 atom stereocenters. The second kappa shape index (κ2) is 7.13. The van der Waals surface area contributed by atoms with Gasteiger partial charge in [-0.1, -0.05) is 0 Å². The summed E-state index contributed by atoms with van der Waals surface area (Å²) in [5, 5.41) is 0.392. The molecule has 7 nitrogen and oxygen atoms in total. The van der Waals surface area contributed by atoms with E-state index in [1.54, 1.807) is 41.7 Å². The van der Waals surface area contributed by atoms with E-state index < -0.39 is 17.3 Å². The molecule has 0 bridgehead atoms. The zero-order chi connectivity index (χ0) is 18.9. The Bertz CT molecular complexity index is 914. The first-order valence-corrected chi connectivity index (χ1v) is 8.93. The standard InChI is InChI=1S/C17H24N2O5S/c1-7-18-13(20)11-10(2)12(15(21)24-17(3,4)5)25-14(11)19(16(18)22)8-9-23-6/h7-9H2,1-6H3. The lowest BCUT2D eigenvalue weighted by Gasteiger charge is -2.19. The van der Waals surface area contributed by atoms with Crippen molar-refractivity contribution >= 4 is 27.5 Å². The van der Waals surface area contributed by atoms with Gasteiger partial charge in [0.05, 0.1) is 18.5 Å². The fraction of sp³-hybridized carbons (Fsp3) is 0.588. The number of aryl methyl sites for hydroxylation is 1. The quantitative estimate of drug-likeness (QED) is 0.756. The van der Waals surface area contributed by atoms with Gasteiger partial charge in [0.2, 0.25) is 0 Å². The number of hydrogen-bond acceptors (Lipinski definition) is 6. The molecular formula is C17H24N2O5S. The number of rotatable bonds is 5. The molecule has 25 heavy (non-hydrogen) atoms. The lowest BCUT2D eigenvalue weighted by molar-refractivity contribution is 0.00746. The van der Waals surface area contributed by atoms with Crippen molar-refractivity contribution in [1.29, 1.82) is 0 Å². The topological polar surface area (TPSA) is 79.5 Å². The van der Waals surface area contributed by atoms with Gasteiger partial charge in [0, 0.05) is 13.7 Å². The van der Waals surface area contributed by atoms with Crippen LogP contribution in [0, 0.1) is 6.92 Å². The summed E-state index contributed by atoms with van der Waals surface area (Å²) in [6, 6.07) is 0. The van der Waals surface area contributed by atoms with Crippen LogP contribution in [0.1, 0.15) is 42.9 Å². The summed E-state index contributed by atoms with van der Waals surface area (Å²) in [5.41, 5.74) is -0.861. The summed E-state index contributed by atoms with van der Waals surface area (Å²) in [5.74, 6) is -0.487. The minimum atomic E-state index is -0.640. The van der Waals surface area contributed by atoms with Crippen LogP contribution < -0.4 is 11.2 Å². The molecule has 0 aliphatic rings. The number of methoxy groups -OCH3 is 1. The van der Waals surface area contributed by atoms with Crippen molar-refractivity contribution < 1.29 is 14.3 Å². The molecule has 2 aromatic heterocycles. The molecule has 0 unspecified atom stereocenters. The third kappa shape index (κ3) is 3.69. The van der Waals surface area contributed by atoms with Gasteiger partial charge in [0.1, 0.15) is 15.3 Å². The Labute approximate surface area is 149 Å². The van der Waals surface area contributed by atoms with E-state index in [-0.39, 0.29) is 12.1 Å². The minimum absolute atomic E-state index is 0.262. The number of ether oxygens (including phenoxy) is 2. The van der Waals surface area contributed by atoms with Gasteiger partial charge in [-0.05, 0) is 40.2 Å². The summed E-state index contributed by atoms with van der Waals surface area (Å²) in [6.45, 7) is 9.70. The Balaban J connectivity index is 2.77. The molecule has 138 valence electrons. The Hall–Kier alpha value is -1.93. The third-order valence-corrected chi connectivity index (χ3v) is 5.01. The summed E-state index contributed by atoms with van der Waals surface area (Å²) < 4.78 is 13.2. The van der Waals surface area contributed by atoms with Crippen molar-refractivity contribution in [3.63, 3.8) is 0 Å². The van der Waals surface area contributed by atoms with E-state index in [0.29, 0.717) is 33.8 Å². The van der Waals surface area contributed by atoms with Gasteiger partial charge in [0.25, 0.3) is 5.56 Å². The Morgan fingerprint density at radius 3 is 2.36 bits per heavy atom. The van der Waals surface area contributed by atoms with Crippen molar-refractivity contribution in [1.82, 2.24) is 9.13 Å². The molecule has 0 saturated heterocycles. The fourth-order valence-electron chi connectivity index (χ4n) is 2.57. The van der Waals surface area contributed by atoms with E-state index in [1.165, 1.54) is 9.13 Å². The first-order valence-electron chi connectivity index (χ1n) is 8.11. The first-order chi connectivity index (χ1) is 11.6. The van der Waals surface area contributed by atoms with E-state index in [2.05, 4.69) is 0 Å². The SMILES string of the molecule is CCn1c(=O)c2c(C)c(C(=O)OC(C)(C)C)sc2n(CCOC)c1=O. The summed E-state index contributed by atoms with van der Waals surface area (Å²) >= 11 is 1.12. The van der Waals surface area contributed by atoms with Crippen LogP contribution >= 0.6 is 11.3 Å². The van der Waals surface area contributed by atoms with Crippen LogP contribution in [0.5, 0.6) is 0 Å². The zero-order valence-corrected chi connectivity index (χ0v) is 16.3. The number of aromatic nitrogens is 2. The predicted molar refractivity (Wildman–Crippen MR) is 97.8 cm³/mol. The van der Waals surface area contributed by atoms with E-state index >= 15 is 0 Å². The van der Waals surface area contributed by atoms with Crippen molar-refractivity contribution in [3.05, 3.63) is 31.3 Å². The number of fused-ring (bicyclic) bond motifs is 1. The van der Waals surface area contributed by atoms with Gasteiger partial charge in [0.15, 0.2) is 0 Å². The highest BCUT2D eigenvalue weighted by Gasteiger charge is 2.26. The Morgan fingerprint density at radius 1 is 1.20 bits per heavy atom. The molecule has 0 aliphatic carbocycles. The molecule has 0 amide bonds. The summed E-state index contributed by atoms with van der Waals surface area (Å²) in [4.78, 5) is 38.7. The van der Waals surface area contributed by atoms with Crippen LogP contribution in [0.2, 0.25) is 0 Å². The molecule has 2 aromatic rings. The maximum Gasteiger partial charge on any atom is 0.349 e. The molecule has 2 rings (SSSR count). The van der Waals surface area contributed by atoms with Crippen LogP contribution in [0.3, 0.4) is 0 Å². The minimum Gasteiger partial charge on any atom is -0.456 e. The van der Waals surface area contributed by atoms with Gasteiger partial charge >= 0.3 is 11.7 Å². The van der Waals surface area contributed by atoms with Gasteiger partial charge in [-0.2, -0.15) is 0 Å². The van der Waals surface area contributed by atoms with Crippen LogP contribution in [-0.2, 0) is 22.6 Å². The van der Waals surface area contributed by atoms with E-state index in [1.807, 2.05) is 0 Å². The van der Waals surface area contributed by atoms with E-state index in [9.17, 15) is 14.4 Å². The number of carbonyl (C=O) groups is 1. The summed E-state index contributed by atoms with van der Waals surface area (Å²) in [7, 11) is 1.55. The normalized spacial score (nSPS) is 11.9. The largest absolute Gasteiger partial charge is 0.456 e. The van der Waals surface area contributed by atoms with E-state index in [4.69, 9.17) is 9.47 Å². The number of nitrogens with zero attached hydrogens (tertiary/aromatic N) is 2. The number of esters is 1. The molecule has 0 spiro atoms. The molecule has 0 fully saturated rings. The van der Waals surface area contributed by atoms with Gasteiger partial charge < -0.3 is 9.47 Å². The molecule has 0 aromatic carbocycles. The number of thiophene rings is 1. The van der Waals surface area contributed by atoms with Gasteiger partial charge in [-0.15, -0.1) is 11.3 Å².